The molecule has 0 aliphatic heterocycles. The molecule has 0 atom stereocenters. The number of nitrogens with zero attached hydrogens (tertiary/aromatic N) is 1. The maximum absolute atomic E-state index is 11.0. The Kier molecular flexibility index (Phi) is 2.78. The molecule has 0 amide bonds. The number of aromatic nitrogens is 1. The Hall–Kier alpha value is -1.99. The van der Waals surface area contributed by atoms with Gasteiger partial charge in [-0.3, -0.25) is 9.78 Å². The first-order chi connectivity index (χ1) is 8.04. The molecule has 1 aromatic carbocycles. The second-order valence-corrected chi connectivity index (χ2v) is 4.48. The van der Waals surface area contributed by atoms with E-state index < -0.39 is 10.1 Å². The number of pyridine rings is 1. The summed E-state index contributed by atoms with van der Waals surface area (Å²) in [4.78, 5) is 13.8. The Bertz CT molecular complexity index is 680. The van der Waals surface area contributed by atoms with Gasteiger partial charge in [-0.25, -0.2) is 8.42 Å². The lowest BCUT2D eigenvalue weighted by atomic mass is 10.2. The lowest BCUT2D eigenvalue weighted by Gasteiger charge is -2.11. The summed E-state index contributed by atoms with van der Waals surface area (Å²) in [5.41, 5.74) is 0.150. The summed E-state index contributed by atoms with van der Waals surface area (Å²) in [6.45, 7) is 0.203. The van der Waals surface area contributed by atoms with Crippen LogP contribution in [0.25, 0.3) is 10.9 Å². The van der Waals surface area contributed by atoms with Gasteiger partial charge in [-0.15, -0.1) is 0 Å². The van der Waals surface area contributed by atoms with Crippen LogP contribution in [0.4, 0.5) is 0 Å². The van der Waals surface area contributed by atoms with Gasteiger partial charge in [0.2, 0.25) is 0 Å². The summed E-state index contributed by atoms with van der Waals surface area (Å²) in [5.74, 6) is 0.100. The third kappa shape index (κ3) is 2.10. The Morgan fingerprint density at radius 1 is 1.29 bits per heavy atom. The molecular weight excluding hydrogens is 246 g/mol. The molecule has 0 radical (unpaired) electrons. The first kappa shape index (κ1) is 11.5. The molecule has 6 nitrogen and oxygen atoms in total. The Morgan fingerprint density at radius 3 is 2.71 bits per heavy atom. The fourth-order valence-electron chi connectivity index (χ4n) is 1.49. The number of carbonyl (C=O) groups excluding carboxylic acids is 1. The van der Waals surface area contributed by atoms with Gasteiger partial charge in [0.1, 0.15) is 15.6 Å². The van der Waals surface area contributed by atoms with Crippen molar-refractivity contribution < 1.29 is 22.5 Å². The maximum atomic E-state index is 11.0. The van der Waals surface area contributed by atoms with Gasteiger partial charge in [0.05, 0.1) is 4.90 Å². The van der Waals surface area contributed by atoms with E-state index in [9.17, 15) is 17.8 Å². The van der Waals surface area contributed by atoms with Crippen molar-refractivity contribution in [2.24, 2.45) is 0 Å². The largest absolute Gasteiger partial charge is 0.744 e. The van der Waals surface area contributed by atoms with Crippen molar-refractivity contribution in [3.05, 3.63) is 30.5 Å². The second-order valence-electron chi connectivity index (χ2n) is 3.13. The normalized spacial score (nSPS) is 11.4. The standard InChI is InChI=1S/C10H7NO5S/c12-6-16-8-3-4-9(17(13,14)15)7-2-1-5-11-10(7)8/h1-6H,(H,13,14,15)/p-1. The molecule has 0 spiro atoms. The van der Waals surface area contributed by atoms with Crippen LogP contribution >= 0.6 is 0 Å². The molecule has 7 heteroatoms. The number of carbonyl (C=O) groups is 1. The van der Waals surface area contributed by atoms with E-state index in [-0.39, 0.29) is 28.0 Å². The summed E-state index contributed by atoms with van der Waals surface area (Å²) in [5, 5.41) is 0.127. The van der Waals surface area contributed by atoms with Crippen molar-refractivity contribution in [2.75, 3.05) is 0 Å². The minimum absolute atomic E-state index is 0.100. The van der Waals surface area contributed by atoms with Crippen LogP contribution < -0.4 is 4.74 Å². The minimum atomic E-state index is -4.60. The van der Waals surface area contributed by atoms with Crippen LogP contribution in [0, 0.1) is 0 Å². The van der Waals surface area contributed by atoms with Crippen molar-refractivity contribution in [1.82, 2.24) is 4.98 Å². The highest BCUT2D eigenvalue weighted by Gasteiger charge is 2.11. The topological polar surface area (TPSA) is 96.4 Å². The maximum Gasteiger partial charge on any atom is 0.298 e. The van der Waals surface area contributed by atoms with Crippen LogP contribution in [0.15, 0.2) is 35.4 Å². The summed E-state index contributed by atoms with van der Waals surface area (Å²) in [6.07, 6.45) is 1.40. The number of rotatable bonds is 3. The summed E-state index contributed by atoms with van der Waals surface area (Å²) in [7, 11) is -4.60. The molecule has 17 heavy (non-hydrogen) atoms. The van der Waals surface area contributed by atoms with Crippen molar-refractivity contribution in [2.45, 2.75) is 4.90 Å². The molecule has 1 aromatic heterocycles. The molecule has 0 saturated heterocycles. The molecule has 0 bridgehead atoms. The highest BCUT2D eigenvalue weighted by Crippen LogP contribution is 2.28. The van der Waals surface area contributed by atoms with Crippen molar-refractivity contribution in [3.8, 4) is 5.75 Å². The van der Waals surface area contributed by atoms with Crippen molar-refractivity contribution >= 4 is 27.5 Å². The second kappa shape index (κ2) is 4.11. The SMILES string of the molecule is O=COc1ccc(S(=O)(=O)[O-])c2cccnc12. The fraction of sp³-hybridized carbons (Fsp3) is 0. The first-order valence-corrected chi connectivity index (χ1v) is 5.89. The van der Waals surface area contributed by atoms with E-state index in [0.717, 1.165) is 6.07 Å². The van der Waals surface area contributed by atoms with Crippen LogP contribution in [0.2, 0.25) is 0 Å². The van der Waals surface area contributed by atoms with Gasteiger partial charge < -0.3 is 9.29 Å². The molecule has 0 aliphatic rings. The number of hydrogen-bond donors (Lipinski definition) is 0. The number of ether oxygens (including phenoxy) is 1. The van der Waals surface area contributed by atoms with Gasteiger partial charge in [0.15, 0.2) is 5.75 Å². The predicted octanol–water partition coefficient (Wildman–Crippen LogP) is 0.674. The minimum Gasteiger partial charge on any atom is -0.744 e. The zero-order valence-electron chi connectivity index (χ0n) is 8.36. The van der Waals surface area contributed by atoms with Crippen LogP contribution in [-0.4, -0.2) is 24.4 Å². The lowest BCUT2D eigenvalue weighted by molar-refractivity contribution is -0.120. The molecule has 0 saturated carbocycles. The zero-order valence-corrected chi connectivity index (χ0v) is 9.18. The summed E-state index contributed by atoms with van der Waals surface area (Å²) in [6, 6.07) is 5.21. The summed E-state index contributed by atoms with van der Waals surface area (Å²) >= 11 is 0. The van der Waals surface area contributed by atoms with Gasteiger partial charge in [0.25, 0.3) is 6.47 Å². The molecule has 88 valence electrons. The highest BCUT2D eigenvalue weighted by atomic mass is 32.2. The van der Waals surface area contributed by atoms with Crippen LogP contribution in [-0.2, 0) is 14.9 Å². The van der Waals surface area contributed by atoms with E-state index in [1.807, 2.05) is 0 Å². The third-order valence-corrected chi connectivity index (χ3v) is 3.03. The molecule has 0 unspecified atom stereocenters. The van der Waals surface area contributed by atoms with E-state index in [1.54, 1.807) is 0 Å². The quantitative estimate of drug-likeness (QED) is 0.588. The van der Waals surface area contributed by atoms with Crippen molar-refractivity contribution in [3.63, 3.8) is 0 Å². The van der Waals surface area contributed by atoms with Gasteiger partial charge in [0, 0.05) is 11.6 Å². The van der Waals surface area contributed by atoms with Gasteiger partial charge in [-0.05, 0) is 24.3 Å². The van der Waals surface area contributed by atoms with E-state index in [4.69, 9.17) is 0 Å². The van der Waals surface area contributed by atoms with E-state index >= 15 is 0 Å². The number of hydrogen-bond acceptors (Lipinski definition) is 6. The monoisotopic (exact) mass is 252 g/mol. The lowest BCUT2D eigenvalue weighted by Crippen LogP contribution is -2.01. The number of benzene rings is 1. The molecular formula is C10H6NO5S-. The Balaban J connectivity index is 2.84. The Labute approximate surface area is 96.6 Å². The molecule has 2 aromatic rings. The van der Waals surface area contributed by atoms with Gasteiger partial charge in [-0.1, -0.05) is 0 Å². The molecule has 1 heterocycles. The van der Waals surface area contributed by atoms with Crippen LogP contribution in [0.3, 0.4) is 0 Å². The van der Waals surface area contributed by atoms with Crippen molar-refractivity contribution in [1.29, 1.82) is 0 Å². The predicted molar refractivity (Wildman–Crippen MR) is 56.4 cm³/mol. The molecule has 0 fully saturated rings. The average Bonchev–Trinajstić information content (AvgIpc) is 2.28. The smallest absolute Gasteiger partial charge is 0.298 e. The van der Waals surface area contributed by atoms with Gasteiger partial charge in [-0.2, -0.15) is 0 Å². The Morgan fingerprint density at radius 2 is 2.06 bits per heavy atom. The summed E-state index contributed by atoms with van der Waals surface area (Å²) < 4.78 is 37.7. The fourth-order valence-corrected chi connectivity index (χ4v) is 2.15. The van der Waals surface area contributed by atoms with Crippen LogP contribution in [0.1, 0.15) is 0 Å². The van der Waals surface area contributed by atoms with E-state index in [0.29, 0.717) is 0 Å². The van der Waals surface area contributed by atoms with E-state index in [2.05, 4.69) is 9.72 Å². The van der Waals surface area contributed by atoms with Crippen LogP contribution in [0.5, 0.6) is 5.75 Å². The molecule has 2 rings (SSSR count). The zero-order chi connectivity index (χ0) is 12.5. The molecule has 0 N–H and O–H groups in total. The first-order valence-electron chi connectivity index (χ1n) is 4.48. The molecule has 0 aliphatic carbocycles. The van der Waals surface area contributed by atoms with Gasteiger partial charge >= 0.3 is 0 Å². The highest BCUT2D eigenvalue weighted by molar-refractivity contribution is 7.86. The average molecular weight is 252 g/mol. The third-order valence-electron chi connectivity index (χ3n) is 2.14. The van der Waals surface area contributed by atoms with E-state index in [1.165, 1.54) is 24.4 Å². The number of fused-ring (bicyclic) bond motifs is 1.